The highest BCUT2D eigenvalue weighted by Gasteiger charge is 1.98. The predicted octanol–water partition coefficient (Wildman–Crippen LogP) is 1.53. The Kier molecular flexibility index (Phi) is 3.86. The van der Waals surface area contributed by atoms with Gasteiger partial charge in [0.15, 0.2) is 6.61 Å². The molecule has 1 aromatic rings. The molecular weight excluding hydrogens is 269 g/mol. The number of carbonyl (C=O) groups excluding carboxylic acids is 1. The third-order valence-electron chi connectivity index (χ3n) is 1.22. The minimum Gasteiger partial charge on any atom is -0.484 e. The smallest absolute Gasteiger partial charge is 0.266 e. The Balaban J connectivity index is 2.38. The van der Waals surface area contributed by atoms with Gasteiger partial charge in [-0.25, -0.2) is 0 Å². The van der Waals surface area contributed by atoms with Gasteiger partial charge >= 0.3 is 0 Å². The van der Waals surface area contributed by atoms with Crippen molar-refractivity contribution in [3.05, 3.63) is 30.3 Å². The van der Waals surface area contributed by atoms with E-state index in [1.54, 1.807) is 35.0 Å². The molecule has 0 spiro atoms. The van der Waals surface area contributed by atoms with Gasteiger partial charge in [0.1, 0.15) is 5.75 Å². The summed E-state index contributed by atoms with van der Waals surface area (Å²) in [5, 5.41) is 0. The predicted molar refractivity (Wildman–Crippen MR) is 54.1 cm³/mol. The Morgan fingerprint density at radius 2 is 2.08 bits per heavy atom. The summed E-state index contributed by atoms with van der Waals surface area (Å²) in [7, 11) is 0. The van der Waals surface area contributed by atoms with Gasteiger partial charge in [0.2, 0.25) is 0 Å². The number of carbonyl (C=O) groups is 1. The van der Waals surface area contributed by atoms with E-state index in [4.69, 9.17) is 4.74 Å². The van der Waals surface area contributed by atoms with Crippen LogP contribution in [0.3, 0.4) is 0 Å². The van der Waals surface area contributed by atoms with Crippen molar-refractivity contribution in [3.8, 4) is 5.75 Å². The summed E-state index contributed by atoms with van der Waals surface area (Å²) in [5.41, 5.74) is 0. The zero-order chi connectivity index (χ0) is 8.81. The third kappa shape index (κ3) is 3.08. The van der Waals surface area contributed by atoms with Gasteiger partial charge in [-0.1, -0.05) is 18.2 Å². The largest absolute Gasteiger partial charge is 0.484 e. The first-order chi connectivity index (χ1) is 5.83. The molecule has 1 aromatic carbocycles. The Hall–Kier alpha value is -0.780. The third-order valence-corrected chi connectivity index (χ3v) is 1.82. The number of ether oxygens (including phenoxy) is 1. The second kappa shape index (κ2) is 4.97. The molecule has 0 atom stereocenters. The minimum absolute atomic E-state index is 0.0625. The van der Waals surface area contributed by atoms with E-state index >= 15 is 0 Å². The second-order valence-electron chi connectivity index (χ2n) is 2.12. The molecular formula is C8H8INO2. The number of halogens is 1. The molecule has 0 radical (unpaired) electrons. The number of rotatable bonds is 3. The lowest BCUT2D eigenvalue weighted by molar-refractivity contribution is -0.120. The van der Waals surface area contributed by atoms with E-state index in [1.807, 2.05) is 18.2 Å². The molecule has 1 rings (SSSR count). The quantitative estimate of drug-likeness (QED) is 0.672. The van der Waals surface area contributed by atoms with E-state index in [9.17, 15) is 4.79 Å². The van der Waals surface area contributed by atoms with Gasteiger partial charge in [-0.15, -0.1) is 0 Å². The van der Waals surface area contributed by atoms with Gasteiger partial charge in [0.05, 0.1) is 22.9 Å². The zero-order valence-electron chi connectivity index (χ0n) is 6.29. The summed E-state index contributed by atoms with van der Waals surface area (Å²) >= 11 is 1.78. The van der Waals surface area contributed by atoms with Crippen LogP contribution in [0, 0.1) is 0 Å². The maximum atomic E-state index is 10.7. The van der Waals surface area contributed by atoms with Crippen LogP contribution in [-0.2, 0) is 4.79 Å². The molecule has 0 bridgehead atoms. The number of nitrogens with one attached hydrogen (secondary N) is 1. The number of benzene rings is 1. The van der Waals surface area contributed by atoms with Gasteiger partial charge in [0, 0.05) is 0 Å². The summed E-state index contributed by atoms with van der Waals surface area (Å²) in [6, 6.07) is 9.22. The maximum absolute atomic E-state index is 10.7. The molecule has 0 aliphatic rings. The van der Waals surface area contributed by atoms with Crippen LogP contribution in [-0.4, -0.2) is 12.5 Å². The highest BCUT2D eigenvalue weighted by Crippen LogP contribution is 2.07. The van der Waals surface area contributed by atoms with Crippen molar-refractivity contribution in [3.63, 3.8) is 0 Å². The topological polar surface area (TPSA) is 38.3 Å². The fourth-order valence-corrected chi connectivity index (χ4v) is 0.849. The lowest BCUT2D eigenvalue weighted by Crippen LogP contribution is -2.20. The SMILES string of the molecule is O=C(COc1ccccc1)NI. The van der Waals surface area contributed by atoms with Crippen LogP contribution in [0.5, 0.6) is 5.75 Å². The van der Waals surface area contributed by atoms with E-state index < -0.39 is 0 Å². The number of hydrogen-bond acceptors (Lipinski definition) is 2. The molecule has 0 saturated heterocycles. The van der Waals surface area contributed by atoms with E-state index in [-0.39, 0.29) is 12.5 Å². The molecule has 3 nitrogen and oxygen atoms in total. The summed E-state index contributed by atoms with van der Waals surface area (Å²) < 4.78 is 7.58. The number of para-hydroxylation sites is 1. The molecule has 0 heterocycles. The van der Waals surface area contributed by atoms with Crippen molar-refractivity contribution in [2.75, 3.05) is 6.61 Å². The molecule has 0 saturated carbocycles. The molecule has 0 aliphatic carbocycles. The lowest BCUT2D eigenvalue weighted by Gasteiger charge is -2.02. The average Bonchev–Trinajstić information content (AvgIpc) is 2.16. The molecule has 1 N–H and O–H groups in total. The maximum Gasteiger partial charge on any atom is 0.266 e. The zero-order valence-corrected chi connectivity index (χ0v) is 8.45. The summed E-state index contributed by atoms with van der Waals surface area (Å²) in [6.07, 6.45) is 0. The Morgan fingerprint density at radius 3 is 2.67 bits per heavy atom. The van der Waals surface area contributed by atoms with Crippen LogP contribution in [0.25, 0.3) is 0 Å². The van der Waals surface area contributed by atoms with Crippen molar-refractivity contribution in [1.29, 1.82) is 0 Å². The van der Waals surface area contributed by atoms with E-state index in [0.717, 1.165) is 0 Å². The molecule has 0 aliphatic heterocycles. The standard InChI is InChI=1S/C8H8INO2/c9-10-8(11)6-12-7-4-2-1-3-5-7/h1-5H,6H2,(H,10,11). The molecule has 0 aromatic heterocycles. The van der Waals surface area contributed by atoms with Crippen molar-refractivity contribution < 1.29 is 9.53 Å². The van der Waals surface area contributed by atoms with E-state index in [1.165, 1.54) is 0 Å². The van der Waals surface area contributed by atoms with Gasteiger partial charge in [-0.2, -0.15) is 0 Å². The Labute approximate surface area is 84.6 Å². The first kappa shape index (κ1) is 9.31. The Bertz CT molecular complexity index is 250. The van der Waals surface area contributed by atoms with Gasteiger partial charge in [0.25, 0.3) is 5.91 Å². The van der Waals surface area contributed by atoms with Crippen LogP contribution in [0.15, 0.2) is 30.3 Å². The van der Waals surface area contributed by atoms with Crippen molar-refractivity contribution >= 4 is 28.8 Å². The highest BCUT2D eigenvalue weighted by molar-refractivity contribution is 14.1. The summed E-state index contributed by atoms with van der Waals surface area (Å²) in [5.74, 6) is 0.567. The molecule has 4 heteroatoms. The fraction of sp³-hybridized carbons (Fsp3) is 0.125. The molecule has 1 amide bonds. The summed E-state index contributed by atoms with van der Waals surface area (Å²) in [4.78, 5) is 10.7. The number of hydrogen-bond donors (Lipinski definition) is 1. The molecule has 64 valence electrons. The Morgan fingerprint density at radius 1 is 1.42 bits per heavy atom. The van der Waals surface area contributed by atoms with Crippen LogP contribution < -0.4 is 8.27 Å². The van der Waals surface area contributed by atoms with E-state index in [2.05, 4.69) is 3.53 Å². The molecule has 0 fully saturated rings. The van der Waals surface area contributed by atoms with Gasteiger partial charge in [-0.3, -0.25) is 8.32 Å². The van der Waals surface area contributed by atoms with Crippen molar-refractivity contribution in [2.45, 2.75) is 0 Å². The normalized spacial score (nSPS) is 9.08. The first-order valence-corrected chi connectivity index (χ1v) is 4.48. The monoisotopic (exact) mass is 277 g/mol. The van der Waals surface area contributed by atoms with Gasteiger partial charge < -0.3 is 4.74 Å². The first-order valence-electron chi connectivity index (χ1n) is 3.40. The molecule has 0 unspecified atom stereocenters. The van der Waals surface area contributed by atoms with Crippen LogP contribution in [0.1, 0.15) is 0 Å². The summed E-state index contributed by atoms with van der Waals surface area (Å²) in [6.45, 7) is 0.0625. The average molecular weight is 277 g/mol. The van der Waals surface area contributed by atoms with E-state index in [0.29, 0.717) is 5.75 Å². The van der Waals surface area contributed by atoms with Crippen molar-refractivity contribution in [2.24, 2.45) is 0 Å². The van der Waals surface area contributed by atoms with Crippen LogP contribution in [0.2, 0.25) is 0 Å². The van der Waals surface area contributed by atoms with Crippen molar-refractivity contribution in [1.82, 2.24) is 3.53 Å². The minimum atomic E-state index is -0.139. The fourth-order valence-electron chi connectivity index (χ4n) is 0.693. The number of amides is 1. The van der Waals surface area contributed by atoms with Gasteiger partial charge in [-0.05, 0) is 12.1 Å². The highest BCUT2D eigenvalue weighted by atomic mass is 127. The van der Waals surface area contributed by atoms with Crippen LogP contribution in [0.4, 0.5) is 0 Å². The lowest BCUT2D eigenvalue weighted by atomic mass is 10.3. The van der Waals surface area contributed by atoms with Crippen LogP contribution >= 0.6 is 22.9 Å². The molecule has 12 heavy (non-hydrogen) atoms. The second-order valence-corrected chi connectivity index (χ2v) is 2.66.